The van der Waals surface area contributed by atoms with E-state index >= 15 is 0 Å². The number of benzene rings is 1. The van der Waals surface area contributed by atoms with E-state index in [0.29, 0.717) is 17.2 Å². The highest BCUT2D eigenvalue weighted by atomic mass is 32.2. The molecule has 1 saturated carbocycles. The van der Waals surface area contributed by atoms with Gasteiger partial charge in [0, 0.05) is 24.7 Å². The molecule has 6 nitrogen and oxygen atoms in total. The van der Waals surface area contributed by atoms with Gasteiger partial charge in [0.15, 0.2) is 4.34 Å². The molecule has 0 radical (unpaired) electrons. The number of aromatic nitrogens is 1. The van der Waals surface area contributed by atoms with Crippen molar-refractivity contribution in [1.82, 2.24) is 9.88 Å². The van der Waals surface area contributed by atoms with E-state index in [-0.39, 0.29) is 17.0 Å². The number of thioether (sulfide) groups is 1. The lowest BCUT2D eigenvalue weighted by Gasteiger charge is -2.39. The first-order valence-electron chi connectivity index (χ1n) is 9.12. The number of likely N-dealkylation sites (tertiary alicyclic amines) is 1. The van der Waals surface area contributed by atoms with Gasteiger partial charge < -0.3 is 4.90 Å². The summed E-state index contributed by atoms with van der Waals surface area (Å²) in [5, 5.41) is 10.9. The van der Waals surface area contributed by atoms with Crippen LogP contribution in [0.25, 0.3) is 10.2 Å². The Morgan fingerprint density at radius 2 is 2.19 bits per heavy atom. The normalized spacial score (nSPS) is 26.5. The third kappa shape index (κ3) is 3.69. The van der Waals surface area contributed by atoms with Crippen molar-refractivity contribution in [3.8, 4) is 0 Å². The van der Waals surface area contributed by atoms with Crippen LogP contribution >= 0.6 is 23.1 Å². The minimum Gasteiger partial charge on any atom is -0.338 e. The van der Waals surface area contributed by atoms with Gasteiger partial charge in [0.05, 0.1) is 20.9 Å². The summed E-state index contributed by atoms with van der Waals surface area (Å²) in [6.45, 7) is 7.77. The molecule has 0 spiro atoms. The fourth-order valence-corrected chi connectivity index (χ4v) is 7.01. The molecule has 1 aliphatic heterocycles. The number of carbonyl (C=O) groups excluding carboxylic acids is 1. The number of non-ortho nitro benzene ring substituents is 1. The molecule has 0 N–H and O–H groups in total. The van der Waals surface area contributed by atoms with Crippen LogP contribution in [-0.2, 0) is 4.79 Å². The lowest BCUT2D eigenvalue weighted by Crippen LogP contribution is -2.38. The lowest BCUT2D eigenvalue weighted by molar-refractivity contribution is -0.384. The Balaban J connectivity index is 1.44. The molecule has 1 saturated heterocycles. The van der Waals surface area contributed by atoms with Crippen LogP contribution in [-0.4, -0.2) is 39.1 Å². The second-order valence-electron chi connectivity index (χ2n) is 8.91. The number of nitrogens with zero attached hydrogens (tertiary/aromatic N) is 3. The number of hydrogen-bond donors (Lipinski definition) is 0. The molecule has 27 heavy (non-hydrogen) atoms. The minimum atomic E-state index is -0.400. The molecule has 1 aromatic carbocycles. The quantitative estimate of drug-likeness (QED) is 0.418. The summed E-state index contributed by atoms with van der Waals surface area (Å²) < 4.78 is 1.57. The first-order valence-corrected chi connectivity index (χ1v) is 10.9. The third-order valence-corrected chi connectivity index (χ3v) is 7.76. The van der Waals surface area contributed by atoms with E-state index < -0.39 is 4.92 Å². The molecular weight excluding hydrogens is 382 g/mol. The van der Waals surface area contributed by atoms with E-state index in [1.165, 1.54) is 35.6 Å². The van der Waals surface area contributed by atoms with Crippen LogP contribution < -0.4 is 0 Å². The van der Waals surface area contributed by atoms with Crippen LogP contribution in [0.5, 0.6) is 0 Å². The minimum absolute atomic E-state index is 0.0685. The van der Waals surface area contributed by atoms with Gasteiger partial charge in [-0.05, 0) is 36.2 Å². The molecule has 2 fully saturated rings. The molecular formula is C19H23N3O3S2. The molecule has 2 aliphatic rings. The van der Waals surface area contributed by atoms with Crippen molar-refractivity contribution < 1.29 is 9.72 Å². The number of nitro benzene ring substituents is 1. The molecule has 1 amide bonds. The monoisotopic (exact) mass is 405 g/mol. The highest BCUT2D eigenvalue weighted by Crippen LogP contribution is 2.52. The highest BCUT2D eigenvalue weighted by molar-refractivity contribution is 8.01. The predicted octanol–water partition coefficient (Wildman–Crippen LogP) is 4.72. The molecule has 4 rings (SSSR count). The van der Waals surface area contributed by atoms with E-state index in [0.717, 1.165) is 33.9 Å². The third-order valence-electron chi connectivity index (χ3n) is 5.62. The van der Waals surface area contributed by atoms with Crippen LogP contribution in [0, 0.1) is 20.9 Å². The van der Waals surface area contributed by atoms with Gasteiger partial charge >= 0.3 is 0 Å². The van der Waals surface area contributed by atoms with Gasteiger partial charge in [-0.15, -0.1) is 11.3 Å². The first-order chi connectivity index (χ1) is 12.6. The van der Waals surface area contributed by atoms with Crippen LogP contribution in [0.3, 0.4) is 0 Å². The average molecular weight is 406 g/mol. The number of carbonyl (C=O) groups is 1. The van der Waals surface area contributed by atoms with Gasteiger partial charge in [-0.1, -0.05) is 32.5 Å². The Hall–Kier alpha value is -1.67. The van der Waals surface area contributed by atoms with E-state index in [1.54, 1.807) is 12.1 Å². The van der Waals surface area contributed by atoms with Crippen LogP contribution in [0.4, 0.5) is 5.69 Å². The largest absolute Gasteiger partial charge is 0.338 e. The second kappa shape index (κ2) is 6.44. The van der Waals surface area contributed by atoms with Gasteiger partial charge in [-0.25, -0.2) is 4.98 Å². The second-order valence-corrected chi connectivity index (χ2v) is 11.2. The van der Waals surface area contributed by atoms with E-state index in [2.05, 4.69) is 30.7 Å². The number of nitro groups is 1. The van der Waals surface area contributed by atoms with Crippen molar-refractivity contribution in [3.63, 3.8) is 0 Å². The highest BCUT2D eigenvalue weighted by Gasteiger charge is 2.50. The first kappa shape index (κ1) is 18.7. The van der Waals surface area contributed by atoms with Crippen LogP contribution in [0.2, 0.25) is 0 Å². The molecule has 1 aromatic heterocycles. The van der Waals surface area contributed by atoms with Gasteiger partial charge in [0.2, 0.25) is 5.91 Å². The maximum atomic E-state index is 12.9. The SMILES string of the molecule is CC1(C)C[C@H]2C[C@@](C)(CN2C(=O)CSc2nc3ccc([N+](=O)[O-])cc3s2)C1. The zero-order valence-electron chi connectivity index (χ0n) is 15.7. The molecule has 0 unspecified atom stereocenters. The summed E-state index contributed by atoms with van der Waals surface area (Å²) in [6, 6.07) is 5.03. The van der Waals surface area contributed by atoms with E-state index in [9.17, 15) is 14.9 Å². The summed E-state index contributed by atoms with van der Waals surface area (Å²) in [5.74, 6) is 0.547. The molecule has 2 aromatic rings. The Bertz CT molecular complexity index is 926. The van der Waals surface area contributed by atoms with Crippen LogP contribution in [0.1, 0.15) is 40.0 Å². The van der Waals surface area contributed by atoms with Crippen molar-refractivity contribution in [2.45, 2.75) is 50.4 Å². The number of thiazole rings is 1. The molecule has 144 valence electrons. The van der Waals surface area contributed by atoms with Crippen molar-refractivity contribution in [1.29, 1.82) is 0 Å². The van der Waals surface area contributed by atoms with Crippen molar-refractivity contribution in [3.05, 3.63) is 28.3 Å². The summed E-state index contributed by atoms with van der Waals surface area (Å²) in [6.07, 6.45) is 3.35. The van der Waals surface area contributed by atoms with Gasteiger partial charge in [-0.3, -0.25) is 14.9 Å². The molecule has 2 atom stereocenters. The zero-order valence-corrected chi connectivity index (χ0v) is 17.4. The van der Waals surface area contributed by atoms with Crippen molar-refractivity contribution in [2.24, 2.45) is 10.8 Å². The van der Waals surface area contributed by atoms with E-state index in [1.807, 2.05) is 0 Å². The maximum absolute atomic E-state index is 12.9. The summed E-state index contributed by atoms with van der Waals surface area (Å²) >= 11 is 2.84. The number of fused-ring (bicyclic) bond motifs is 3. The smallest absolute Gasteiger partial charge is 0.270 e. The zero-order chi connectivity index (χ0) is 19.4. The number of amides is 1. The summed E-state index contributed by atoms with van der Waals surface area (Å²) in [7, 11) is 0. The van der Waals surface area contributed by atoms with E-state index in [4.69, 9.17) is 0 Å². The summed E-state index contributed by atoms with van der Waals surface area (Å²) in [5.41, 5.74) is 1.34. The molecule has 2 bridgehead atoms. The topological polar surface area (TPSA) is 76.3 Å². The summed E-state index contributed by atoms with van der Waals surface area (Å²) in [4.78, 5) is 30.0. The Kier molecular flexibility index (Phi) is 4.46. The van der Waals surface area contributed by atoms with Crippen molar-refractivity contribution in [2.75, 3.05) is 12.3 Å². The standard InChI is InChI=1S/C19H23N3O3S2/c1-18(2)7-13-8-19(3,10-18)11-21(13)16(23)9-26-17-20-14-5-4-12(22(24)25)6-15(14)27-17/h4-6,13H,7-11H2,1-3H3/t13-,19+/m0/s1. The number of hydrogen-bond acceptors (Lipinski definition) is 6. The number of rotatable bonds is 4. The van der Waals surface area contributed by atoms with Gasteiger partial charge in [-0.2, -0.15) is 0 Å². The fourth-order valence-electron chi connectivity index (χ4n) is 5.03. The Labute approximate surface area is 166 Å². The van der Waals surface area contributed by atoms with Gasteiger partial charge in [0.25, 0.3) is 5.69 Å². The Morgan fingerprint density at radius 1 is 1.41 bits per heavy atom. The van der Waals surface area contributed by atoms with Gasteiger partial charge in [0.1, 0.15) is 0 Å². The molecule has 8 heteroatoms. The maximum Gasteiger partial charge on any atom is 0.270 e. The molecule has 1 aliphatic carbocycles. The van der Waals surface area contributed by atoms with Crippen LogP contribution in [0.15, 0.2) is 22.5 Å². The lowest BCUT2D eigenvalue weighted by atomic mass is 9.65. The van der Waals surface area contributed by atoms with Crippen molar-refractivity contribution >= 4 is 44.9 Å². The molecule has 2 heterocycles. The Morgan fingerprint density at radius 3 is 2.93 bits per heavy atom. The predicted molar refractivity (Wildman–Crippen MR) is 108 cm³/mol. The average Bonchev–Trinajstić information content (AvgIpc) is 3.08. The fraction of sp³-hybridized carbons (Fsp3) is 0.579.